The predicted molar refractivity (Wildman–Crippen MR) is 67.2 cm³/mol. The van der Waals surface area contributed by atoms with Gasteiger partial charge in [-0.15, -0.1) is 16.4 Å². The van der Waals surface area contributed by atoms with Crippen molar-refractivity contribution in [2.45, 2.75) is 39.7 Å². The molecule has 0 aliphatic rings. The molecule has 0 aromatic carbocycles. The van der Waals surface area contributed by atoms with E-state index in [-0.39, 0.29) is 5.41 Å². The van der Waals surface area contributed by atoms with Crippen molar-refractivity contribution in [3.63, 3.8) is 0 Å². The number of nitrogens with one attached hydrogen (secondary N) is 1. The molecule has 1 N–H and O–H groups in total. The Kier molecular flexibility index (Phi) is 3.15. The number of hydrogen-bond donors (Lipinski definition) is 1. The molecule has 2 aromatic rings. The van der Waals surface area contributed by atoms with Crippen molar-refractivity contribution >= 4 is 17.4 Å². The zero-order valence-corrected chi connectivity index (χ0v) is 11.3. The summed E-state index contributed by atoms with van der Waals surface area (Å²) < 4.78 is 5.22. The van der Waals surface area contributed by atoms with Crippen LogP contribution in [0.1, 0.15) is 36.5 Å². The molecule has 5 nitrogen and oxygen atoms in total. The van der Waals surface area contributed by atoms with Gasteiger partial charge in [0, 0.05) is 18.0 Å². The SMILES string of the molecule is Cc1nnc(NCc2ncc(C(C)(C)C)s2)o1. The van der Waals surface area contributed by atoms with Gasteiger partial charge in [-0.2, -0.15) is 0 Å². The van der Waals surface area contributed by atoms with E-state index in [9.17, 15) is 0 Å². The standard InChI is InChI=1S/C11H16N4OS/c1-7-14-15-10(16-7)13-6-9-12-5-8(17-9)11(2,3)4/h5H,6H2,1-4H3,(H,13,15). The van der Waals surface area contributed by atoms with Crippen molar-refractivity contribution < 1.29 is 4.42 Å². The van der Waals surface area contributed by atoms with Gasteiger partial charge in [0.2, 0.25) is 5.89 Å². The second-order valence-corrected chi connectivity index (χ2v) is 5.96. The van der Waals surface area contributed by atoms with Gasteiger partial charge < -0.3 is 9.73 Å². The minimum Gasteiger partial charge on any atom is -0.408 e. The maximum absolute atomic E-state index is 5.22. The third-order valence-electron chi connectivity index (χ3n) is 2.21. The lowest BCUT2D eigenvalue weighted by Crippen LogP contribution is -2.07. The Labute approximate surface area is 104 Å². The summed E-state index contributed by atoms with van der Waals surface area (Å²) in [5.74, 6) is 0.557. The van der Waals surface area contributed by atoms with Crippen molar-refractivity contribution in [1.82, 2.24) is 15.2 Å². The van der Waals surface area contributed by atoms with Crippen molar-refractivity contribution in [2.75, 3.05) is 5.32 Å². The number of rotatable bonds is 3. The zero-order valence-electron chi connectivity index (χ0n) is 10.4. The summed E-state index contributed by atoms with van der Waals surface area (Å²) in [7, 11) is 0. The molecule has 0 aliphatic heterocycles. The molecule has 0 atom stereocenters. The van der Waals surface area contributed by atoms with Crippen LogP contribution in [0.15, 0.2) is 10.6 Å². The first-order valence-electron chi connectivity index (χ1n) is 5.44. The fraction of sp³-hybridized carbons (Fsp3) is 0.545. The highest BCUT2D eigenvalue weighted by molar-refractivity contribution is 7.11. The van der Waals surface area contributed by atoms with Crippen LogP contribution in [0.2, 0.25) is 0 Å². The number of thiazole rings is 1. The molecule has 0 fully saturated rings. The van der Waals surface area contributed by atoms with E-state index < -0.39 is 0 Å². The monoisotopic (exact) mass is 252 g/mol. The summed E-state index contributed by atoms with van der Waals surface area (Å²) in [4.78, 5) is 5.64. The molecule has 0 unspecified atom stereocenters. The van der Waals surface area contributed by atoms with E-state index >= 15 is 0 Å². The van der Waals surface area contributed by atoms with Gasteiger partial charge in [-0.3, -0.25) is 0 Å². The minimum absolute atomic E-state index is 0.150. The van der Waals surface area contributed by atoms with Gasteiger partial charge in [0.15, 0.2) is 0 Å². The summed E-state index contributed by atoms with van der Waals surface area (Å²) in [6, 6.07) is 0.440. The molecule has 17 heavy (non-hydrogen) atoms. The average molecular weight is 252 g/mol. The second-order valence-electron chi connectivity index (χ2n) is 4.85. The van der Waals surface area contributed by atoms with E-state index in [1.165, 1.54) is 4.88 Å². The van der Waals surface area contributed by atoms with Crippen LogP contribution in [0.5, 0.6) is 0 Å². The van der Waals surface area contributed by atoms with Crippen molar-refractivity contribution in [1.29, 1.82) is 0 Å². The Morgan fingerprint density at radius 1 is 1.35 bits per heavy atom. The summed E-state index contributed by atoms with van der Waals surface area (Å²) in [5, 5.41) is 11.7. The van der Waals surface area contributed by atoms with Gasteiger partial charge in [-0.25, -0.2) is 4.98 Å². The van der Waals surface area contributed by atoms with Crippen LogP contribution in [-0.2, 0) is 12.0 Å². The Hall–Kier alpha value is -1.43. The topological polar surface area (TPSA) is 63.8 Å². The minimum atomic E-state index is 0.150. The Balaban J connectivity index is 1.98. The normalized spacial score (nSPS) is 11.8. The van der Waals surface area contributed by atoms with Crippen LogP contribution in [-0.4, -0.2) is 15.2 Å². The van der Waals surface area contributed by atoms with Crippen molar-refractivity contribution in [3.05, 3.63) is 22.0 Å². The van der Waals surface area contributed by atoms with E-state index in [1.807, 2.05) is 6.20 Å². The molecule has 0 amide bonds. The fourth-order valence-electron chi connectivity index (χ4n) is 1.26. The van der Waals surface area contributed by atoms with Crippen LogP contribution in [0.4, 0.5) is 6.01 Å². The molecule has 2 heterocycles. The van der Waals surface area contributed by atoms with Gasteiger partial charge >= 0.3 is 6.01 Å². The largest absolute Gasteiger partial charge is 0.408 e. The van der Waals surface area contributed by atoms with Crippen molar-refractivity contribution in [3.8, 4) is 0 Å². The van der Waals surface area contributed by atoms with Gasteiger partial charge in [0.1, 0.15) is 5.01 Å². The lowest BCUT2D eigenvalue weighted by Gasteiger charge is -2.14. The van der Waals surface area contributed by atoms with Gasteiger partial charge in [-0.1, -0.05) is 25.9 Å². The van der Waals surface area contributed by atoms with Crippen LogP contribution < -0.4 is 5.32 Å². The number of hydrogen-bond acceptors (Lipinski definition) is 6. The third kappa shape index (κ3) is 3.03. The van der Waals surface area contributed by atoms with Crippen LogP contribution in [0, 0.1) is 6.92 Å². The number of aryl methyl sites for hydroxylation is 1. The summed E-state index contributed by atoms with van der Waals surface area (Å²) >= 11 is 1.70. The smallest absolute Gasteiger partial charge is 0.315 e. The van der Waals surface area contributed by atoms with E-state index in [2.05, 4.69) is 41.3 Å². The Morgan fingerprint density at radius 2 is 2.12 bits per heavy atom. The predicted octanol–water partition coefficient (Wildman–Crippen LogP) is 2.74. The van der Waals surface area contributed by atoms with Gasteiger partial charge in [0.05, 0.1) is 6.54 Å². The highest BCUT2D eigenvalue weighted by atomic mass is 32.1. The third-order valence-corrected chi connectivity index (χ3v) is 3.63. The van der Waals surface area contributed by atoms with E-state index in [0.29, 0.717) is 18.5 Å². The van der Waals surface area contributed by atoms with Crippen LogP contribution in [0.25, 0.3) is 0 Å². The fourth-order valence-corrected chi connectivity index (χ4v) is 2.17. The molecule has 0 saturated carbocycles. The summed E-state index contributed by atoms with van der Waals surface area (Å²) in [6.45, 7) is 8.92. The molecular weight excluding hydrogens is 236 g/mol. The molecule has 0 saturated heterocycles. The summed E-state index contributed by atoms with van der Waals surface area (Å²) in [6.07, 6.45) is 1.93. The number of anilines is 1. The number of aromatic nitrogens is 3. The van der Waals surface area contributed by atoms with Gasteiger partial charge in [-0.05, 0) is 5.41 Å². The molecule has 2 rings (SSSR count). The van der Waals surface area contributed by atoms with E-state index in [1.54, 1.807) is 18.3 Å². The Morgan fingerprint density at radius 3 is 2.65 bits per heavy atom. The number of nitrogens with zero attached hydrogens (tertiary/aromatic N) is 3. The molecule has 92 valence electrons. The first-order chi connectivity index (χ1) is 7.95. The van der Waals surface area contributed by atoms with Crippen LogP contribution in [0.3, 0.4) is 0 Å². The zero-order chi connectivity index (χ0) is 12.5. The molecule has 6 heteroatoms. The molecular formula is C11H16N4OS. The highest BCUT2D eigenvalue weighted by Gasteiger charge is 2.17. The lowest BCUT2D eigenvalue weighted by atomic mass is 9.96. The second kappa shape index (κ2) is 4.44. The highest BCUT2D eigenvalue weighted by Crippen LogP contribution is 2.27. The van der Waals surface area contributed by atoms with Crippen LogP contribution >= 0.6 is 11.3 Å². The quantitative estimate of drug-likeness (QED) is 0.910. The maximum atomic E-state index is 5.22. The lowest BCUT2D eigenvalue weighted by molar-refractivity contribution is 0.530. The molecule has 0 bridgehead atoms. The first-order valence-corrected chi connectivity index (χ1v) is 6.26. The van der Waals surface area contributed by atoms with Crippen molar-refractivity contribution in [2.24, 2.45) is 0 Å². The van der Waals surface area contributed by atoms with E-state index in [4.69, 9.17) is 4.42 Å². The summed E-state index contributed by atoms with van der Waals surface area (Å²) in [5.41, 5.74) is 0.150. The molecule has 0 aliphatic carbocycles. The first kappa shape index (κ1) is 12.0. The molecule has 0 radical (unpaired) electrons. The average Bonchev–Trinajstić information content (AvgIpc) is 2.82. The molecule has 2 aromatic heterocycles. The van der Waals surface area contributed by atoms with E-state index in [0.717, 1.165) is 5.01 Å². The molecule has 0 spiro atoms. The Bertz CT molecular complexity index is 498. The maximum Gasteiger partial charge on any atom is 0.315 e. The van der Waals surface area contributed by atoms with Gasteiger partial charge in [0.25, 0.3) is 0 Å².